The van der Waals surface area contributed by atoms with Crippen molar-refractivity contribution in [2.24, 2.45) is 0 Å². The van der Waals surface area contributed by atoms with Gasteiger partial charge in [-0.05, 0) is 13.8 Å². The predicted molar refractivity (Wildman–Crippen MR) is 77.8 cm³/mol. The normalized spacial score (nSPS) is 23.7. The van der Waals surface area contributed by atoms with Crippen molar-refractivity contribution < 1.29 is 9.84 Å². The maximum Gasteiger partial charge on any atom is 0.223 e. The zero-order valence-corrected chi connectivity index (χ0v) is 12.1. The summed E-state index contributed by atoms with van der Waals surface area (Å²) in [5.41, 5.74) is 0.545. The highest BCUT2D eigenvalue weighted by Gasteiger charge is 2.22. The van der Waals surface area contributed by atoms with E-state index in [0.29, 0.717) is 13.1 Å². The second-order valence-corrected chi connectivity index (χ2v) is 5.41. The molecule has 1 N–H and O–H groups in total. The number of pyridine rings is 1. The number of aromatic nitrogens is 1. The second kappa shape index (κ2) is 6.24. The number of hydrogen-bond acceptors (Lipinski definition) is 4. The van der Waals surface area contributed by atoms with Crippen molar-refractivity contribution in [1.82, 2.24) is 9.47 Å². The molecule has 110 valence electrons. The van der Waals surface area contributed by atoms with Crippen LogP contribution in [0.3, 0.4) is 0 Å². The Morgan fingerprint density at radius 3 is 2.70 bits per heavy atom. The van der Waals surface area contributed by atoms with Gasteiger partial charge in [-0.15, -0.1) is 6.58 Å². The van der Waals surface area contributed by atoms with Crippen LogP contribution < -0.4 is 5.43 Å². The Morgan fingerprint density at radius 1 is 1.45 bits per heavy atom. The smallest absolute Gasteiger partial charge is 0.223 e. The number of aromatic hydroxyl groups is 1. The quantitative estimate of drug-likeness (QED) is 0.845. The third-order valence-electron chi connectivity index (χ3n) is 3.40. The largest absolute Gasteiger partial charge is 0.503 e. The van der Waals surface area contributed by atoms with Crippen LogP contribution in [0.1, 0.15) is 19.5 Å². The average Bonchev–Trinajstić information content (AvgIpc) is 2.34. The van der Waals surface area contributed by atoms with Gasteiger partial charge in [0.15, 0.2) is 5.75 Å². The van der Waals surface area contributed by atoms with Gasteiger partial charge >= 0.3 is 0 Å². The Morgan fingerprint density at radius 2 is 2.10 bits per heavy atom. The van der Waals surface area contributed by atoms with Gasteiger partial charge in [0.1, 0.15) is 0 Å². The van der Waals surface area contributed by atoms with E-state index in [9.17, 15) is 9.90 Å². The van der Waals surface area contributed by atoms with Gasteiger partial charge in [-0.25, -0.2) is 0 Å². The molecule has 0 amide bonds. The summed E-state index contributed by atoms with van der Waals surface area (Å²) in [5.74, 6) is -0.223. The first kappa shape index (κ1) is 14.8. The summed E-state index contributed by atoms with van der Waals surface area (Å²) >= 11 is 0. The van der Waals surface area contributed by atoms with E-state index in [-0.39, 0.29) is 23.4 Å². The molecule has 1 aliphatic heterocycles. The number of rotatable bonds is 4. The molecule has 0 spiro atoms. The Kier molecular flexibility index (Phi) is 4.62. The van der Waals surface area contributed by atoms with E-state index in [2.05, 4.69) is 25.3 Å². The lowest BCUT2D eigenvalue weighted by Gasteiger charge is -2.35. The molecule has 2 unspecified atom stereocenters. The Hall–Kier alpha value is -1.59. The Labute approximate surface area is 119 Å². The highest BCUT2D eigenvalue weighted by molar-refractivity contribution is 5.21. The van der Waals surface area contributed by atoms with E-state index in [4.69, 9.17) is 4.74 Å². The first-order chi connectivity index (χ1) is 9.49. The summed E-state index contributed by atoms with van der Waals surface area (Å²) < 4.78 is 7.56. The standard InChI is InChI=1S/C15H22N2O3/c1-4-5-17-10-15(19)14(18)6-13(17)9-16-7-11(2)20-12(3)8-16/h4,6,10-12,19H,1,5,7-9H2,2-3H3. The molecule has 0 aliphatic carbocycles. The number of allylic oxidation sites excluding steroid dienone is 1. The molecular weight excluding hydrogens is 256 g/mol. The van der Waals surface area contributed by atoms with Crippen LogP contribution in [0.25, 0.3) is 0 Å². The van der Waals surface area contributed by atoms with Crippen LogP contribution in [0, 0.1) is 0 Å². The van der Waals surface area contributed by atoms with Gasteiger partial charge in [0.2, 0.25) is 5.43 Å². The van der Waals surface area contributed by atoms with Crippen LogP contribution in [-0.4, -0.2) is 39.9 Å². The molecule has 1 fully saturated rings. The monoisotopic (exact) mass is 278 g/mol. The minimum absolute atomic E-state index is 0.190. The van der Waals surface area contributed by atoms with Crippen LogP contribution in [0.5, 0.6) is 5.75 Å². The lowest BCUT2D eigenvalue weighted by Crippen LogP contribution is -2.45. The Bertz CT molecular complexity index is 528. The third kappa shape index (κ3) is 3.49. The first-order valence-corrected chi connectivity index (χ1v) is 6.90. The van der Waals surface area contributed by atoms with Crippen molar-refractivity contribution in [2.45, 2.75) is 39.1 Å². The van der Waals surface area contributed by atoms with Crippen molar-refractivity contribution in [1.29, 1.82) is 0 Å². The van der Waals surface area contributed by atoms with Gasteiger partial charge in [-0.2, -0.15) is 0 Å². The first-order valence-electron chi connectivity index (χ1n) is 6.90. The van der Waals surface area contributed by atoms with Crippen LogP contribution in [0.15, 0.2) is 29.7 Å². The number of hydrogen-bond donors (Lipinski definition) is 1. The molecule has 5 heteroatoms. The second-order valence-electron chi connectivity index (χ2n) is 5.41. The van der Waals surface area contributed by atoms with Gasteiger partial charge in [-0.1, -0.05) is 6.08 Å². The molecule has 0 radical (unpaired) electrons. The van der Waals surface area contributed by atoms with Crippen LogP contribution in [0.4, 0.5) is 0 Å². The van der Waals surface area contributed by atoms with E-state index in [0.717, 1.165) is 18.8 Å². The summed E-state index contributed by atoms with van der Waals surface area (Å²) in [6.45, 7) is 10.7. The predicted octanol–water partition coefficient (Wildman–Crippen LogP) is 1.35. The highest BCUT2D eigenvalue weighted by atomic mass is 16.5. The van der Waals surface area contributed by atoms with Crippen molar-refractivity contribution >= 4 is 0 Å². The van der Waals surface area contributed by atoms with Gasteiger partial charge in [0, 0.05) is 37.9 Å². The fourth-order valence-electron chi connectivity index (χ4n) is 2.69. The average molecular weight is 278 g/mol. The number of morpholine rings is 1. The van der Waals surface area contributed by atoms with Crippen LogP contribution in [-0.2, 0) is 17.8 Å². The summed E-state index contributed by atoms with van der Waals surface area (Å²) in [4.78, 5) is 13.9. The van der Waals surface area contributed by atoms with Crippen molar-refractivity contribution in [3.05, 3.63) is 40.8 Å². The van der Waals surface area contributed by atoms with E-state index < -0.39 is 0 Å². The van der Waals surface area contributed by atoms with E-state index in [1.165, 1.54) is 12.3 Å². The molecular formula is C15H22N2O3. The van der Waals surface area contributed by atoms with Crippen molar-refractivity contribution in [2.75, 3.05) is 13.1 Å². The molecule has 2 atom stereocenters. The van der Waals surface area contributed by atoms with Gasteiger partial charge < -0.3 is 14.4 Å². The minimum atomic E-state index is -0.338. The zero-order valence-electron chi connectivity index (χ0n) is 12.1. The molecule has 1 aliphatic rings. The lowest BCUT2D eigenvalue weighted by molar-refractivity contribution is -0.0710. The molecule has 2 heterocycles. The molecule has 0 saturated carbocycles. The van der Waals surface area contributed by atoms with E-state index in [1.807, 2.05) is 4.57 Å². The maximum atomic E-state index is 11.6. The van der Waals surface area contributed by atoms with Crippen molar-refractivity contribution in [3.63, 3.8) is 0 Å². The highest BCUT2D eigenvalue weighted by Crippen LogP contribution is 2.15. The van der Waals surface area contributed by atoms with Crippen LogP contribution >= 0.6 is 0 Å². The molecule has 1 aromatic heterocycles. The topological polar surface area (TPSA) is 54.7 Å². The summed E-state index contributed by atoms with van der Waals surface area (Å²) in [5, 5.41) is 9.54. The summed E-state index contributed by atoms with van der Waals surface area (Å²) in [7, 11) is 0. The molecule has 20 heavy (non-hydrogen) atoms. The molecule has 1 saturated heterocycles. The number of ether oxygens (including phenoxy) is 1. The summed E-state index contributed by atoms with van der Waals surface area (Å²) in [6.07, 6.45) is 3.61. The minimum Gasteiger partial charge on any atom is -0.503 e. The molecule has 0 aromatic carbocycles. The van der Waals surface area contributed by atoms with Gasteiger partial charge in [0.25, 0.3) is 0 Å². The summed E-state index contributed by atoms with van der Waals surface area (Å²) in [6, 6.07) is 1.50. The maximum absolute atomic E-state index is 11.6. The van der Waals surface area contributed by atoms with E-state index in [1.54, 1.807) is 6.08 Å². The van der Waals surface area contributed by atoms with Gasteiger partial charge in [0.05, 0.1) is 18.4 Å². The van der Waals surface area contributed by atoms with Crippen molar-refractivity contribution in [3.8, 4) is 5.75 Å². The molecule has 5 nitrogen and oxygen atoms in total. The van der Waals surface area contributed by atoms with Gasteiger partial charge in [-0.3, -0.25) is 9.69 Å². The zero-order chi connectivity index (χ0) is 14.7. The fraction of sp³-hybridized carbons (Fsp3) is 0.533. The molecule has 0 bridgehead atoms. The van der Waals surface area contributed by atoms with Crippen LogP contribution in [0.2, 0.25) is 0 Å². The lowest BCUT2D eigenvalue weighted by atomic mass is 10.2. The third-order valence-corrected chi connectivity index (χ3v) is 3.40. The number of nitrogens with zero attached hydrogens (tertiary/aromatic N) is 2. The molecule has 1 aromatic rings. The molecule has 2 rings (SSSR count). The fourth-order valence-corrected chi connectivity index (χ4v) is 2.69. The Balaban J connectivity index is 2.21. The SMILES string of the molecule is C=CCn1cc(O)c(=O)cc1CN1CC(C)OC(C)C1. The van der Waals surface area contributed by atoms with E-state index >= 15 is 0 Å².